The number of anilines is 2. The Balaban J connectivity index is 1.52. The third-order valence-electron chi connectivity index (χ3n) is 4.60. The number of hydrogen-bond donors (Lipinski definition) is 3. The molecule has 0 atom stereocenters. The molecule has 9 heteroatoms. The number of carbonyl (C=O) groups is 2. The van der Waals surface area contributed by atoms with E-state index in [1.165, 1.54) is 0 Å². The van der Waals surface area contributed by atoms with Gasteiger partial charge in [0, 0.05) is 17.3 Å². The Bertz CT molecular complexity index is 1070. The highest BCUT2D eigenvalue weighted by atomic mass is 16.2. The van der Waals surface area contributed by atoms with Gasteiger partial charge in [0.1, 0.15) is 0 Å². The minimum Gasteiger partial charge on any atom is -0.336 e. The van der Waals surface area contributed by atoms with E-state index < -0.39 is 0 Å². The fourth-order valence-electron chi connectivity index (χ4n) is 3.09. The normalized spacial score (nSPS) is 13.2. The number of amides is 3. The molecule has 1 saturated carbocycles. The third kappa shape index (κ3) is 4.45. The molecule has 3 aromatic rings. The summed E-state index contributed by atoms with van der Waals surface area (Å²) in [6.45, 7) is 3.73. The summed E-state index contributed by atoms with van der Waals surface area (Å²) in [5.41, 5.74) is 2.24. The van der Waals surface area contributed by atoms with E-state index in [0.29, 0.717) is 28.8 Å². The van der Waals surface area contributed by atoms with Crippen LogP contribution in [-0.4, -0.2) is 38.2 Å². The summed E-state index contributed by atoms with van der Waals surface area (Å²) in [6, 6.07) is 14.2. The smallest absolute Gasteiger partial charge is 0.319 e. The predicted octanol–water partition coefficient (Wildman–Crippen LogP) is 3.46. The molecule has 0 saturated heterocycles. The summed E-state index contributed by atoms with van der Waals surface area (Å²) < 4.78 is 1.83. The van der Waals surface area contributed by atoms with Crippen LogP contribution >= 0.6 is 0 Å². The van der Waals surface area contributed by atoms with Gasteiger partial charge in [0.2, 0.25) is 0 Å². The van der Waals surface area contributed by atoms with Gasteiger partial charge >= 0.3 is 6.03 Å². The Morgan fingerprint density at radius 1 is 1.07 bits per heavy atom. The molecule has 9 nitrogen and oxygen atoms in total. The average Bonchev–Trinajstić information content (AvgIpc) is 3.44. The SMILES string of the molecule is CC(C)NC(=O)Nc1ccccc1C(=O)Nc1cccc(-c2nnnn2C2CC2)c1. The fraction of sp³-hybridized carbons (Fsp3) is 0.286. The zero-order valence-corrected chi connectivity index (χ0v) is 16.8. The van der Waals surface area contributed by atoms with Gasteiger partial charge < -0.3 is 16.0 Å². The van der Waals surface area contributed by atoms with Crippen molar-refractivity contribution in [3.8, 4) is 11.4 Å². The predicted molar refractivity (Wildman–Crippen MR) is 113 cm³/mol. The molecule has 0 unspecified atom stereocenters. The molecule has 3 amide bonds. The number of carbonyl (C=O) groups excluding carboxylic acids is 2. The lowest BCUT2D eigenvalue weighted by atomic mass is 10.1. The lowest BCUT2D eigenvalue weighted by Crippen LogP contribution is -2.34. The summed E-state index contributed by atoms with van der Waals surface area (Å²) in [5, 5.41) is 20.4. The van der Waals surface area contributed by atoms with Crippen molar-refractivity contribution in [3.05, 3.63) is 54.1 Å². The van der Waals surface area contributed by atoms with Gasteiger partial charge in [0.25, 0.3) is 5.91 Å². The first kappa shape index (κ1) is 19.6. The molecular formula is C21H23N7O2. The van der Waals surface area contributed by atoms with Crippen molar-refractivity contribution < 1.29 is 9.59 Å². The molecule has 1 aromatic heterocycles. The standard InChI is InChI=1S/C21H23N7O2/c1-13(2)22-21(30)24-18-9-4-3-8-17(18)20(29)23-15-7-5-6-14(12-15)19-25-26-27-28(19)16-10-11-16/h3-9,12-13,16H,10-11H2,1-2H3,(H,23,29)(H2,22,24,30). The van der Waals surface area contributed by atoms with Gasteiger partial charge in [-0.15, -0.1) is 5.10 Å². The summed E-state index contributed by atoms with van der Waals surface area (Å²) in [7, 11) is 0. The lowest BCUT2D eigenvalue weighted by Gasteiger charge is -2.14. The number of tetrazole rings is 1. The van der Waals surface area contributed by atoms with E-state index in [0.717, 1.165) is 18.4 Å². The van der Waals surface area contributed by atoms with Crippen LogP contribution in [0.3, 0.4) is 0 Å². The van der Waals surface area contributed by atoms with Gasteiger partial charge in [0.15, 0.2) is 5.82 Å². The summed E-state index contributed by atoms with van der Waals surface area (Å²) in [4.78, 5) is 24.9. The molecule has 154 valence electrons. The summed E-state index contributed by atoms with van der Waals surface area (Å²) in [5.74, 6) is 0.357. The van der Waals surface area contributed by atoms with E-state index in [2.05, 4.69) is 31.5 Å². The second-order valence-electron chi connectivity index (χ2n) is 7.51. The zero-order valence-electron chi connectivity index (χ0n) is 16.8. The maximum Gasteiger partial charge on any atom is 0.319 e. The van der Waals surface area contributed by atoms with Crippen LogP contribution in [0.25, 0.3) is 11.4 Å². The van der Waals surface area contributed by atoms with Crippen LogP contribution in [0.15, 0.2) is 48.5 Å². The topological polar surface area (TPSA) is 114 Å². The fourth-order valence-corrected chi connectivity index (χ4v) is 3.09. The second-order valence-corrected chi connectivity index (χ2v) is 7.51. The number of hydrogen-bond acceptors (Lipinski definition) is 5. The first-order chi connectivity index (χ1) is 14.5. The molecule has 30 heavy (non-hydrogen) atoms. The van der Waals surface area contributed by atoms with Crippen LogP contribution in [-0.2, 0) is 0 Å². The van der Waals surface area contributed by atoms with E-state index in [4.69, 9.17) is 0 Å². The van der Waals surface area contributed by atoms with Crippen LogP contribution in [0.2, 0.25) is 0 Å². The first-order valence-electron chi connectivity index (χ1n) is 9.87. The van der Waals surface area contributed by atoms with Crippen molar-refractivity contribution in [2.24, 2.45) is 0 Å². The highest BCUT2D eigenvalue weighted by molar-refractivity contribution is 6.10. The Morgan fingerprint density at radius 2 is 1.87 bits per heavy atom. The Morgan fingerprint density at radius 3 is 2.63 bits per heavy atom. The maximum atomic E-state index is 12.9. The largest absolute Gasteiger partial charge is 0.336 e. The quantitative estimate of drug-likeness (QED) is 0.581. The van der Waals surface area contributed by atoms with Crippen LogP contribution in [0.1, 0.15) is 43.1 Å². The van der Waals surface area contributed by atoms with Crippen LogP contribution in [0.4, 0.5) is 16.2 Å². The third-order valence-corrected chi connectivity index (χ3v) is 4.60. The van der Waals surface area contributed by atoms with E-state index in [-0.39, 0.29) is 18.0 Å². The molecule has 1 aliphatic rings. The van der Waals surface area contributed by atoms with Crippen molar-refractivity contribution in [1.82, 2.24) is 25.5 Å². The van der Waals surface area contributed by atoms with Gasteiger partial charge in [-0.05, 0) is 61.4 Å². The van der Waals surface area contributed by atoms with Crippen molar-refractivity contribution in [1.29, 1.82) is 0 Å². The summed E-state index contributed by atoms with van der Waals surface area (Å²) >= 11 is 0. The van der Waals surface area contributed by atoms with Gasteiger partial charge in [-0.25, -0.2) is 9.48 Å². The first-order valence-corrected chi connectivity index (χ1v) is 9.87. The van der Waals surface area contributed by atoms with E-state index in [1.807, 2.05) is 36.7 Å². The van der Waals surface area contributed by atoms with E-state index in [1.54, 1.807) is 30.3 Å². The van der Waals surface area contributed by atoms with Gasteiger partial charge in [-0.3, -0.25) is 4.79 Å². The van der Waals surface area contributed by atoms with Crippen molar-refractivity contribution in [2.75, 3.05) is 10.6 Å². The molecule has 1 aliphatic carbocycles. The number of nitrogens with zero attached hydrogens (tertiary/aromatic N) is 4. The molecule has 0 aliphatic heterocycles. The molecule has 0 spiro atoms. The number of rotatable bonds is 6. The molecular weight excluding hydrogens is 382 g/mol. The monoisotopic (exact) mass is 405 g/mol. The second kappa shape index (κ2) is 8.32. The van der Waals surface area contributed by atoms with Crippen LogP contribution in [0, 0.1) is 0 Å². The average molecular weight is 405 g/mol. The number of urea groups is 1. The van der Waals surface area contributed by atoms with Gasteiger partial charge in [0.05, 0.1) is 17.3 Å². The number of nitrogens with one attached hydrogen (secondary N) is 3. The molecule has 1 heterocycles. The van der Waals surface area contributed by atoms with E-state index >= 15 is 0 Å². The van der Waals surface area contributed by atoms with Gasteiger partial charge in [-0.1, -0.05) is 24.3 Å². The van der Waals surface area contributed by atoms with Crippen molar-refractivity contribution in [2.45, 2.75) is 38.8 Å². The Hall–Kier alpha value is -3.75. The minimum atomic E-state index is -0.362. The highest BCUT2D eigenvalue weighted by Crippen LogP contribution is 2.36. The molecule has 3 N–H and O–H groups in total. The summed E-state index contributed by atoms with van der Waals surface area (Å²) in [6.07, 6.45) is 2.14. The van der Waals surface area contributed by atoms with Crippen LogP contribution < -0.4 is 16.0 Å². The number of benzene rings is 2. The molecule has 0 radical (unpaired) electrons. The minimum absolute atomic E-state index is 0.0131. The molecule has 2 aromatic carbocycles. The van der Waals surface area contributed by atoms with Crippen molar-refractivity contribution in [3.63, 3.8) is 0 Å². The Labute approximate surface area is 173 Å². The highest BCUT2D eigenvalue weighted by Gasteiger charge is 2.28. The maximum absolute atomic E-state index is 12.9. The lowest BCUT2D eigenvalue weighted by molar-refractivity contribution is 0.102. The molecule has 0 bridgehead atoms. The molecule has 4 rings (SSSR count). The van der Waals surface area contributed by atoms with Crippen molar-refractivity contribution >= 4 is 23.3 Å². The number of para-hydroxylation sites is 1. The van der Waals surface area contributed by atoms with Crippen LogP contribution in [0.5, 0.6) is 0 Å². The van der Waals surface area contributed by atoms with Gasteiger partial charge in [-0.2, -0.15) is 0 Å². The Kier molecular flexibility index (Phi) is 5.42. The number of aromatic nitrogens is 4. The van der Waals surface area contributed by atoms with E-state index in [9.17, 15) is 9.59 Å². The zero-order chi connectivity index (χ0) is 21.1. The molecule has 1 fully saturated rings.